The maximum absolute atomic E-state index is 12.9. The average molecular weight is 385 g/mol. The van der Waals surface area contributed by atoms with Crippen LogP contribution in [0.4, 0.5) is 5.69 Å². The van der Waals surface area contributed by atoms with E-state index in [1.54, 1.807) is 12.1 Å². The summed E-state index contributed by atoms with van der Waals surface area (Å²) in [5, 5.41) is 3.03. The molecule has 0 unspecified atom stereocenters. The third-order valence-electron chi connectivity index (χ3n) is 4.89. The molecule has 29 heavy (non-hydrogen) atoms. The molecule has 0 saturated heterocycles. The van der Waals surface area contributed by atoms with E-state index in [9.17, 15) is 4.79 Å². The molecule has 4 aromatic rings. The zero-order valence-electron chi connectivity index (χ0n) is 16.8. The van der Waals surface area contributed by atoms with Crippen molar-refractivity contribution in [1.29, 1.82) is 0 Å². The molecule has 0 radical (unpaired) electrons. The zero-order chi connectivity index (χ0) is 20.4. The second-order valence-electron chi connectivity index (χ2n) is 6.96. The van der Waals surface area contributed by atoms with Crippen molar-refractivity contribution < 1.29 is 9.53 Å². The maximum Gasteiger partial charge on any atom is 0.259 e. The van der Waals surface area contributed by atoms with Gasteiger partial charge in [0.1, 0.15) is 11.4 Å². The molecule has 2 aromatic heterocycles. The lowest BCUT2D eigenvalue weighted by Crippen LogP contribution is -2.14. The third-order valence-corrected chi connectivity index (χ3v) is 4.89. The molecule has 0 aliphatic rings. The topological polar surface area (TPSA) is 55.6 Å². The number of imidazole rings is 1. The summed E-state index contributed by atoms with van der Waals surface area (Å²) in [6, 6.07) is 17.3. The lowest BCUT2D eigenvalue weighted by Gasteiger charge is -2.13. The SMILES string of the molecule is CCOc1ccccc1C(=O)Nc1cc(-c2cn3cccc(C)c3n2)ccc1C. The van der Waals surface area contributed by atoms with Crippen LogP contribution in [-0.2, 0) is 0 Å². The molecule has 1 N–H and O–H groups in total. The van der Waals surface area contributed by atoms with Crippen LogP contribution in [0.1, 0.15) is 28.4 Å². The van der Waals surface area contributed by atoms with E-state index in [0.29, 0.717) is 17.9 Å². The number of aryl methyl sites for hydroxylation is 2. The molecule has 1 amide bonds. The maximum atomic E-state index is 12.9. The molecule has 0 fully saturated rings. The molecular weight excluding hydrogens is 362 g/mol. The molecule has 4 rings (SSSR count). The molecule has 146 valence electrons. The number of nitrogens with zero attached hydrogens (tertiary/aromatic N) is 2. The van der Waals surface area contributed by atoms with Gasteiger partial charge >= 0.3 is 0 Å². The van der Waals surface area contributed by atoms with Crippen molar-refractivity contribution in [2.45, 2.75) is 20.8 Å². The van der Waals surface area contributed by atoms with Crippen molar-refractivity contribution >= 4 is 17.2 Å². The van der Waals surface area contributed by atoms with Gasteiger partial charge in [-0.05, 0) is 56.2 Å². The van der Waals surface area contributed by atoms with Gasteiger partial charge in [-0.15, -0.1) is 0 Å². The van der Waals surface area contributed by atoms with Crippen LogP contribution in [-0.4, -0.2) is 21.9 Å². The Kier molecular flexibility index (Phi) is 5.04. The Morgan fingerprint density at radius 3 is 2.69 bits per heavy atom. The summed E-state index contributed by atoms with van der Waals surface area (Å²) in [5.74, 6) is 0.386. The predicted octanol–water partition coefficient (Wildman–Crippen LogP) is 5.27. The van der Waals surface area contributed by atoms with Gasteiger partial charge in [-0.1, -0.05) is 30.3 Å². The number of benzene rings is 2. The monoisotopic (exact) mass is 385 g/mol. The first-order chi connectivity index (χ1) is 14.1. The molecule has 0 bridgehead atoms. The summed E-state index contributed by atoms with van der Waals surface area (Å²) in [5.41, 5.74) is 6.12. The number of para-hydroxylation sites is 1. The van der Waals surface area contributed by atoms with E-state index >= 15 is 0 Å². The fourth-order valence-corrected chi connectivity index (χ4v) is 3.33. The van der Waals surface area contributed by atoms with Crippen molar-refractivity contribution in [3.05, 3.63) is 83.7 Å². The first-order valence-electron chi connectivity index (χ1n) is 9.65. The molecule has 0 aliphatic carbocycles. The smallest absolute Gasteiger partial charge is 0.259 e. The Hall–Kier alpha value is -3.60. The summed E-state index contributed by atoms with van der Waals surface area (Å²) in [7, 11) is 0. The standard InChI is InChI=1S/C24H23N3O2/c1-4-29-22-10-6-5-9-19(22)24(28)26-20-14-18(12-11-16(20)2)21-15-27-13-7-8-17(3)23(27)25-21/h5-15H,4H2,1-3H3,(H,26,28). The highest BCUT2D eigenvalue weighted by Gasteiger charge is 2.14. The van der Waals surface area contributed by atoms with Gasteiger partial charge in [0.15, 0.2) is 0 Å². The first kappa shape index (κ1) is 18.7. The van der Waals surface area contributed by atoms with Crippen LogP contribution in [0, 0.1) is 13.8 Å². The number of fused-ring (bicyclic) bond motifs is 1. The van der Waals surface area contributed by atoms with Crippen molar-refractivity contribution in [1.82, 2.24) is 9.38 Å². The van der Waals surface area contributed by atoms with Gasteiger partial charge in [0, 0.05) is 23.6 Å². The molecule has 5 heteroatoms. The van der Waals surface area contributed by atoms with E-state index in [1.165, 1.54) is 0 Å². The summed E-state index contributed by atoms with van der Waals surface area (Å²) in [4.78, 5) is 17.6. The predicted molar refractivity (Wildman–Crippen MR) is 116 cm³/mol. The number of aromatic nitrogens is 2. The Morgan fingerprint density at radius 2 is 1.90 bits per heavy atom. The number of rotatable bonds is 5. The van der Waals surface area contributed by atoms with Gasteiger partial charge in [0.05, 0.1) is 17.9 Å². The fourth-order valence-electron chi connectivity index (χ4n) is 3.33. The van der Waals surface area contributed by atoms with E-state index in [0.717, 1.165) is 33.7 Å². The lowest BCUT2D eigenvalue weighted by atomic mass is 10.1. The summed E-state index contributed by atoms with van der Waals surface area (Å²) in [6.07, 6.45) is 3.99. The molecule has 5 nitrogen and oxygen atoms in total. The molecule has 0 saturated carbocycles. The number of ether oxygens (including phenoxy) is 1. The van der Waals surface area contributed by atoms with Gasteiger partial charge < -0.3 is 14.5 Å². The van der Waals surface area contributed by atoms with Gasteiger partial charge in [-0.3, -0.25) is 4.79 Å². The molecule has 0 atom stereocenters. The number of hydrogen-bond donors (Lipinski definition) is 1. The van der Waals surface area contributed by atoms with E-state index in [2.05, 4.69) is 5.32 Å². The second-order valence-corrected chi connectivity index (χ2v) is 6.96. The summed E-state index contributed by atoms with van der Waals surface area (Å²) in [6.45, 7) is 6.43. The normalized spacial score (nSPS) is 10.9. The number of anilines is 1. The largest absolute Gasteiger partial charge is 0.493 e. The molecule has 0 spiro atoms. The van der Waals surface area contributed by atoms with Gasteiger partial charge in [0.2, 0.25) is 0 Å². The third kappa shape index (κ3) is 3.72. The van der Waals surface area contributed by atoms with Crippen LogP contribution in [0.2, 0.25) is 0 Å². The minimum absolute atomic E-state index is 0.194. The Bertz CT molecular complexity index is 1190. The van der Waals surface area contributed by atoms with Crippen LogP contribution in [0.15, 0.2) is 67.0 Å². The fraction of sp³-hybridized carbons (Fsp3) is 0.167. The van der Waals surface area contributed by atoms with Gasteiger partial charge in [-0.2, -0.15) is 0 Å². The van der Waals surface area contributed by atoms with Crippen molar-refractivity contribution in [2.24, 2.45) is 0 Å². The number of pyridine rings is 1. The molecule has 2 aromatic carbocycles. The number of carbonyl (C=O) groups excluding carboxylic acids is 1. The number of amides is 1. The molecular formula is C24H23N3O2. The minimum atomic E-state index is -0.194. The quantitative estimate of drug-likeness (QED) is 0.509. The Labute approximate surface area is 170 Å². The van der Waals surface area contributed by atoms with E-state index < -0.39 is 0 Å². The van der Waals surface area contributed by atoms with Gasteiger partial charge in [-0.25, -0.2) is 4.98 Å². The summed E-state index contributed by atoms with van der Waals surface area (Å²) < 4.78 is 7.61. The molecule has 0 aliphatic heterocycles. The second kappa shape index (κ2) is 7.80. The summed E-state index contributed by atoms with van der Waals surface area (Å²) >= 11 is 0. The van der Waals surface area contributed by atoms with Crippen molar-refractivity contribution in [2.75, 3.05) is 11.9 Å². The number of hydrogen-bond acceptors (Lipinski definition) is 3. The highest BCUT2D eigenvalue weighted by atomic mass is 16.5. The number of nitrogens with one attached hydrogen (secondary N) is 1. The minimum Gasteiger partial charge on any atom is -0.493 e. The van der Waals surface area contributed by atoms with Crippen LogP contribution in [0.3, 0.4) is 0 Å². The van der Waals surface area contributed by atoms with Crippen molar-refractivity contribution in [3.63, 3.8) is 0 Å². The number of carbonyl (C=O) groups is 1. The Balaban J connectivity index is 1.67. The highest BCUT2D eigenvalue weighted by molar-refractivity contribution is 6.06. The Morgan fingerprint density at radius 1 is 1.07 bits per heavy atom. The van der Waals surface area contributed by atoms with Crippen LogP contribution >= 0.6 is 0 Å². The lowest BCUT2D eigenvalue weighted by molar-refractivity contribution is 0.102. The average Bonchev–Trinajstić information content (AvgIpc) is 3.16. The van der Waals surface area contributed by atoms with Crippen LogP contribution in [0.25, 0.3) is 16.9 Å². The van der Waals surface area contributed by atoms with Crippen molar-refractivity contribution in [3.8, 4) is 17.0 Å². The first-order valence-corrected chi connectivity index (χ1v) is 9.65. The van der Waals surface area contributed by atoms with E-state index in [1.807, 2.05) is 80.0 Å². The van der Waals surface area contributed by atoms with E-state index in [4.69, 9.17) is 9.72 Å². The van der Waals surface area contributed by atoms with Crippen LogP contribution < -0.4 is 10.1 Å². The van der Waals surface area contributed by atoms with E-state index in [-0.39, 0.29) is 5.91 Å². The van der Waals surface area contributed by atoms with Crippen LogP contribution in [0.5, 0.6) is 5.75 Å². The highest BCUT2D eigenvalue weighted by Crippen LogP contribution is 2.27. The van der Waals surface area contributed by atoms with Gasteiger partial charge in [0.25, 0.3) is 5.91 Å². The zero-order valence-corrected chi connectivity index (χ0v) is 16.8. The molecule has 2 heterocycles.